The predicted octanol–water partition coefficient (Wildman–Crippen LogP) is 3.61. The summed E-state index contributed by atoms with van der Waals surface area (Å²) < 4.78 is 75.1. The Balaban J connectivity index is 3.68. The molecule has 0 heterocycles. The first-order chi connectivity index (χ1) is 6.68. The molecule has 15 heavy (non-hydrogen) atoms. The van der Waals surface area contributed by atoms with Crippen LogP contribution in [-0.2, 0) is 6.18 Å². The van der Waals surface area contributed by atoms with Gasteiger partial charge in [-0.05, 0) is 25.0 Å². The number of alkyl halides is 3. The Morgan fingerprint density at radius 1 is 0.933 bits per heavy atom. The number of rotatable bonds is 0. The van der Waals surface area contributed by atoms with E-state index in [0.29, 0.717) is 0 Å². The first-order valence-corrected chi connectivity index (χ1v) is 3.74. The van der Waals surface area contributed by atoms with Crippen molar-refractivity contribution in [1.82, 2.24) is 0 Å². The lowest BCUT2D eigenvalue weighted by molar-refractivity contribution is -0.142. The molecule has 0 fully saturated rings. The number of hydrogen-bond acceptors (Lipinski definition) is 0. The van der Waals surface area contributed by atoms with E-state index in [4.69, 9.17) is 0 Å². The zero-order chi connectivity index (χ0) is 12.0. The second kappa shape index (κ2) is 3.43. The standard InChI is InChI=1S/C9H5F6/c1-3-4(2)7(11)8(12)5(6(3)10)9(13,14)15/h2H2,1H3. The summed E-state index contributed by atoms with van der Waals surface area (Å²) in [6, 6.07) is 0. The summed E-state index contributed by atoms with van der Waals surface area (Å²) in [6.45, 7) is 3.84. The Hall–Kier alpha value is -1.20. The highest BCUT2D eigenvalue weighted by Gasteiger charge is 2.40. The van der Waals surface area contributed by atoms with Crippen LogP contribution >= 0.6 is 0 Å². The molecule has 6 heteroatoms. The Morgan fingerprint density at radius 3 is 1.80 bits per heavy atom. The highest BCUT2D eigenvalue weighted by Crippen LogP contribution is 2.36. The third-order valence-electron chi connectivity index (χ3n) is 1.96. The molecule has 1 aromatic carbocycles. The van der Waals surface area contributed by atoms with Gasteiger partial charge in [0.15, 0.2) is 11.6 Å². The topological polar surface area (TPSA) is 0 Å². The molecule has 0 aliphatic heterocycles. The monoisotopic (exact) mass is 227 g/mol. The Morgan fingerprint density at radius 2 is 1.40 bits per heavy atom. The van der Waals surface area contributed by atoms with Gasteiger partial charge in [-0.1, -0.05) is 0 Å². The molecule has 0 nitrogen and oxygen atoms in total. The maximum Gasteiger partial charge on any atom is 0.422 e. The Labute approximate surface area is 81.5 Å². The SMILES string of the molecule is [CH2]c1c(C)c(F)c(C(F)(F)F)c(F)c1F. The van der Waals surface area contributed by atoms with E-state index in [1.165, 1.54) is 0 Å². The summed E-state index contributed by atoms with van der Waals surface area (Å²) in [5.74, 6) is -5.86. The highest BCUT2D eigenvalue weighted by molar-refractivity contribution is 5.38. The number of benzene rings is 1. The summed E-state index contributed by atoms with van der Waals surface area (Å²) in [4.78, 5) is 0. The van der Waals surface area contributed by atoms with E-state index in [2.05, 4.69) is 6.92 Å². The molecular formula is C9H5F6. The van der Waals surface area contributed by atoms with Crippen molar-refractivity contribution in [2.24, 2.45) is 0 Å². The molecule has 0 spiro atoms. The van der Waals surface area contributed by atoms with Crippen molar-refractivity contribution >= 4 is 0 Å². The van der Waals surface area contributed by atoms with Crippen molar-refractivity contribution in [3.05, 3.63) is 41.1 Å². The molecule has 0 atom stereocenters. The van der Waals surface area contributed by atoms with E-state index >= 15 is 0 Å². The maximum atomic E-state index is 13.0. The molecule has 0 aliphatic rings. The first-order valence-electron chi connectivity index (χ1n) is 3.74. The molecule has 1 rings (SSSR count). The van der Waals surface area contributed by atoms with E-state index < -0.39 is 40.3 Å². The third kappa shape index (κ3) is 1.80. The molecular weight excluding hydrogens is 222 g/mol. The minimum absolute atomic E-state index is 0.652. The van der Waals surface area contributed by atoms with Crippen LogP contribution in [0.5, 0.6) is 0 Å². The highest BCUT2D eigenvalue weighted by atomic mass is 19.4. The lowest BCUT2D eigenvalue weighted by atomic mass is 10.0. The van der Waals surface area contributed by atoms with Gasteiger partial charge >= 0.3 is 6.18 Å². The Kier molecular flexibility index (Phi) is 2.71. The average Bonchev–Trinajstić information content (AvgIpc) is 2.09. The van der Waals surface area contributed by atoms with Gasteiger partial charge in [-0.15, -0.1) is 0 Å². The van der Waals surface area contributed by atoms with Crippen LogP contribution in [0.3, 0.4) is 0 Å². The van der Waals surface area contributed by atoms with Gasteiger partial charge < -0.3 is 0 Å². The Bertz CT molecular complexity index is 375. The van der Waals surface area contributed by atoms with E-state index in [0.717, 1.165) is 6.92 Å². The van der Waals surface area contributed by atoms with Crippen LogP contribution in [0.4, 0.5) is 26.3 Å². The molecule has 0 aromatic heterocycles. The largest absolute Gasteiger partial charge is 0.422 e. The van der Waals surface area contributed by atoms with Crippen molar-refractivity contribution in [3.63, 3.8) is 0 Å². The smallest absolute Gasteiger partial charge is 0.206 e. The van der Waals surface area contributed by atoms with Crippen molar-refractivity contribution < 1.29 is 26.3 Å². The summed E-state index contributed by atoms with van der Waals surface area (Å²) in [6.07, 6.45) is -5.27. The molecule has 0 amide bonds. The lowest BCUT2D eigenvalue weighted by Gasteiger charge is -2.13. The quantitative estimate of drug-likeness (QED) is 0.469. The van der Waals surface area contributed by atoms with Crippen LogP contribution in [0.15, 0.2) is 0 Å². The van der Waals surface area contributed by atoms with Crippen molar-refractivity contribution in [2.45, 2.75) is 13.1 Å². The molecule has 1 aromatic rings. The van der Waals surface area contributed by atoms with E-state index in [9.17, 15) is 26.3 Å². The van der Waals surface area contributed by atoms with Crippen molar-refractivity contribution in [1.29, 1.82) is 0 Å². The zero-order valence-corrected chi connectivity index (χ0v) is 7.47. The minimum Gasteiger partial charge on any atom is -0.206 e. The van der Waals surface area contributed by atoms with Gasteiger partial charge in [0.05, 0.1) is 0 Å². The summed E-state index contributed by atoms with van der Waals surface area (Å²) in [5, 5.41) is 0. The fourth-order valence-electron chi connectivity index (χ4n) is 1.07. The second-order valence-electron chi connectivity index (χ2n) is 2.92. The number of hydrogen-bond donors (Lipinski definition) is 0. The van der Waals surface area contributed by atoms with Gasteiger partial charge in [0.1, 0.15) is 11.4 Å². The lowest BCUT2D eigenvalue weighted by Crippen LogP contribution is -2.15. The number of halogens is 6. The maximum absolute atomic E-state index is 13.0. The molecule has 83 valence electrons. The van der Waals surface area contributed by atoms with Crippen LogP contribution in [0, 0.1) is 31.3 Å². The molecule has 1 radical (unpaired) electrons. The van der Waals surface area contributed by atoms with Crippen molar-refractivity contribution in [3.8, 4) is 0 Å². The summed E-state index contributed by atoms with van der Waals surface area (Å²) in [5.41, 5.74) is -3.58. The van der Waals surface area contributed by atoms with Crippen LogP contribution < -0.4 is 0 Å². The van der Waals surface area contributed by atoms with E-state index in [1.54, 1.807) is 0 Å². The minimum atomic E-state index is -5.27. The molecule has 0 N–H and O–H groups in total. The summed E-state index contributed by atoms with van der Waals surface area (Å²) in [7, 11) is 0. The molecule has 0 unspecified atom stereocenters. The molecule has 0 saturated carbocycles. The van der Waals surface area contributed by atoms with Crippen LogP contribution in [-0.4, -0.2) is 0 Å². The third-order valence-corrected chi connectivity index (χ3v) is 1.96. The molecule has 0 aliphatic carbocycles. The van der Waals surface area contributed by atoms with Gasteiger partial charge in [0, 0.05) is 0 Å². The molecule has 0 saturated heterocycles. The van der Waals surface area contributed by atoms with E-state index in [-0.39, 0.29) is 0 Å². The van der Waals surface area contributed by atoms with Gasteiger partial charge in [0.2, 0.25) is 0 Å². The van der Waals surface area contributed by atoms with Crippen molar-refractivity contribution in [2.75, 3.05) is 0 Å². The normalized spacial score (nSPS) is 12.0. The fraction of sp³-hybridized carbons (Fsp3) is 0.222. The average molecular weight is 227 g/mol. The van der Waals surface area contributed by atoms with Gasteiger partial charge in [-0.25, -0.2) is 13.2 Å². The predicted molar refractivity (Wildman–Crippen MR) is 40.5 cm³/mol. The van der Waals surface area contributed by atoms with Gasteiger partial charge in [-0.3, -0.25) is 0 Å². The summed E-state index contributed by atoms with van der Waals surface area (Å²) >= 11 is 0. The van der Waals surface area contributed by atoms with Crippen LogP contribution in [0.25, 0.3) is 0 Å². The fourth-order valence-corrected chi connectivity index (χ4v) is 1.07. The van der Waals surface area contributed by atoms with Gasteiger partial charge in [-0.2, -0.15) is 13.2 Å². The van der Waals surface area contributed by atoms with Crippen LogP contribution in [0.1, 0.15) is 16.7 Å². The molecule has 0 bridgehead atoms. The second-order valence-corrected chi connectivity index (χ2v) is 2.92. The van der Waals surface area contributed by atoms with E-state index in [1.807, 2.05) is 0 Å². The van der Waals surface area contributed by atoms with Gasteiger partial charge in [0.25, 0.3) is 0 Å². The first kappa shape index (κ1) is 11.9. The zero-order valence-electron chi connectivity index (χ0n) is 7.47. The van der Waals surface area contributed by atoms with Crippen LogP contribution in [0.2, 0.25) is 0 Å².